The van der Waals surface area contributed by atoms with E-state index in [4.69, 9.17) is 44.9 Å². The molecule has 1 aliphatic rings. The zero-order valence-electron chi connectivity index (χ0n) is 19.2. The van der Waals surface area contributed by atoms with Gasteiger partial charge in [-0.1, -0.05) is 41.4 Å². The summed E-state index contributed by atoms with van der Waals surface area (Å²) in [6.07, 6.45) is 1.39. The highest BCUT2D eigenvalue weighted by Crippen LogP contribution is 2.31. The average Bonchev–Trinajstić information content (AvgIpc) is 2.87. The van der Waals surface area contributed by atoms with Gasteiger partial charge in [0.2, 0.25) is 0 Å². The molecular weight excluding hydrogens is 539 g/mol. The van der Waals surface area contributed by atoms with Crippen LogP contribution in [0.25, 0.3) is 6.08 Å². The number of benzene rings is 3. The Morgan fingerprint density at radius 2 is 1.84 bits per heavy atom. The first kappa shape index (κ1) is 26.2. The van der Waals surface area contributed by atoms with Crippen LogP contribution in [-0.2, 0) is 16.2 Å². The number of carboxylic acids is 1. The van der Waals surface area contributed by atoms with Gasteiger partial charge in [-0.15, -0.1) is 0 Å². The zero-order valence-corrected chi connectivity index (χ0v) is 21.5. The number of aromatic carboxylic acids is 1. The van der Waals surface area contributed by atoms with Crippen LogP contribution in [0.2, 0.25) is 10.0 Å². The van der Waals surface area contributed by atoms with Crippen LogP contribution in [-0.4, -0.2) is 35.1 Å². The maximum atomic E-state index is 13.3. The molecule has 0 atom stereocenters. The predicted molar refractivity (Wildman–Crippen MR) is 143 cm³/mol. The van der Waals surface area contributed by atoms with Gasteiger partial charge < -0.3 is 14.6 Å². The largest absolute Gasteiger partial charge is 0.493 e. The van der Waals surface area contributed by atoms with Crippen molar-refractivity contribution in [1.82, 2.24) is 5.32 Å². The molecule has 4 rings (SSSR count). The highest BCUT2D eigenvalue weighted by Gasteiger charge is 2.34. The summed E-state index contributed by atoms with van der Waals surface area (Å²) in [4.78, 5) is 38.3. The molecule has 0 bridgehead atoms. The second-order valence-corrected chi connectivity index (χ2v) is 8.96. The third-order valence-corrected chi connectivity index (χ3v) is 6.35. The Morgan fingerprint density at radius 3 is 2.54 bits per heavy atom. The van der Waals surface area contributed by atoms with E-state index in [-0.39, 0.29) is 28.5 Å². The van der Waals surface area contributed by atoms with E-state index in [0.29, 0.717) is 27.1 Å². The number of hydrogen-bond acceptors (Lipinski definition) is 6. The monoisotopic (exact) mass is 556 g/mol. The van der Waals surface area contributed by atoms with E-state index in [0.717, 1.165) is 10.5 Å². The third kappa shape index (κ3) is 5.75. The van der Waals surface area contributed by atoms with Crippen LogP contribution >= 0.6 is 35.4 Å². The minimum absolute atomic E-state index is 0.0308. The number of anilines is 1. The maximum absolute atomic E-state index is 13.3. The SMILES string of the molecule is COc1cc(C=C2C(=O)NC(=S)N(c3cccc(C(=O)O)c3)C2=O)ccc1OCc1ccc(Cl)c(Cl)c1. The summed E-state index contributed by atoms with van der Waals surface area (Å²) in [5, 5.41) is 12.4. The number of rotatable bonds is 7. The number of methoxy groups -OCH3 is 1. The minimum atomic E-state index is -1.16. The standard InChI is InChI=1S/C26H18Cl2N2O6S/c1-35-22-11-14(6-8-21(22)36-13-15-5-7-19(27)20(28)10-15)9-18-23(31)29-26(37)30(24(18)32)17-4-2-3-16(12-17)25(33)34/h2-12H,13H2,1H3,(H,33,34)(H,29,31,37). The van der Waals surface area contributed by atoms with Gasteiger partial charge in [0, 0.05) is 0 Å². The van der Waals surface area contributed by atoms with Crippen LogP contribution in [0.4, 0.5) is 5.69 Å². The van der Waals surface area contributed by atoms with Crippen molar-refractivity contribution in [1.29, 1.82) is 0 Å². The topological polar surface area (TPSA) is 105 Å². The van der Waals surface area contributed by atoms with Crippen molar-refractivity contribution >= 4 is 70.1 Å². The number of amides is 2. The molecule has 2 amide bonds. The van der Waals surface area contributed by atoms with E-state index in [9.17, 15) is 19.5 Å². The van der Waals surface area contributed by atoms with E-state index in [1.54, 1.807) is 36.4 Å². The molecule has 1 heterocycles. The minimum Gasteiger partial charge on any atom is -0.493 e. The van der Waals surface area contributed by atoms with Gasteiger partial charge in [-0.25, -0.2) is 4.79 Å². The molecule has 37 heavy (non-hydrogen) atoms. The molecule has 8 nitrogen and oxygen atoms in total. The van der Waals surface area contributed by atoms with Crippen molar-refractivity contribution < 1.29 is 29.0 Å². The van der Waals surface area contributed by atoms with Crippen LogP contribution in [0.15, 0.2) is 66.2 Å². The van der Waals surface area contributed by atoms with E-state index >= 15 is 0 Å². The van der Waals surface area contributed by atoms with Crippen molar-refractivity contribution in [3.63, 3.8) is 0 Å². The van der Waals surface area contributed by atoms with E-state index in [1.165, 1.54) is 37.5 Å². The smallest absolute Gasteiger partial charge is 0.335 e. The molecule has 0 spiro atoms. The number of halogens is 2. The molecule has 2 N–H and O–H groups in total. The number of ether oxygens (including phenoxy) is 2. The van der Waals surface area contributed by atoms with E-state index in [2.05, 4.69) is 5.32 Å². The van der Waals surface area contributed by atoms with Gasteiger partial charge in [0.15, 0.2) is 16.6 Å². The van der Waals surface area contributed by atoms with Crippen molar-refractivity contribution in [2.75, 3.05) is 12.0 Å². The molecule has 3 aromatic carbocycles. The van der Waals surface area contributed by atoms with Crippen molar-refractivity contribution in [3.8, 4) is 11.5 Å². The first-order valence-electron chi connectivity index (χ1n) is 10.7. The second-order valence-electron chi connectivity index (χ2n) is 7.76. The van der Waals surface area contributed by atoms with Gasteiger partial charge in [-0.3, -0.25) is 19.8 Å². The summed E-state index contributed by atoms with van der Waals surface area (Å²) in [6.45, 7) is 0.205. The van der Waals surface area contributed by atoms with Crippen LogP contribution < -0.4 is 19.7 Å². The highest BCUT2D eigenvalue weighted by molar-refractivity contribution is 7.80. The lowest BCUT2D eigenvalue weighted by atomic mass is 10.1. The summed E-state index contributed by atoms with van der Waals surface area (Å²) in [5.74, 6) is -1.73. The Morgan fingerprint density at radius 1 is 1.05 bits per heavy atom. The van der Waals surface area contributed by atoms with E-state index in [1.807, 2.05) is 0 Å². The molecular formula is C26H18Cl2N2O6S. The molecule has 0 aromatic heterocycles. The number of carbonyl (C=O) groups excluding carboxylic acids is 2. The summed E-state index contributed by atoms with van der Waals surface area (Å²) in [5.41, 5.74) is 1.28. The number of hydrogen-bond donors (Lipinski definition) is 2. The van der Waals surface area contributed by atoms with Gasteiger partial charge in [-0.2, -0.15) is 0 Å². The number of nitrogens with one attached hydrogen (secondary N) is 1. The highest BCUT2D eigenvalue weighted by atomic mass is 35.5. The molecule has 3 aromatic rings. The fourth-order valence-electron chi connectivity index (χ4n) is 3.52. The molecule has 0 aliphatic carbocycles. The van der Waals surface area contributed by atoms with Crippen LogP contribution in [0.5, 0.6) is 11.5 Å². The first-order valence-corrected chi connectivity index (χ1v) is 11.8. The predicted octanol–water partition coefficient (Wildman–Crippen LogP) is 5.11. The first-order chi connectivity index (χ1) is 17.7. The van der Waals surface area contributed by atoms with Gasteiger partial charge in [0.05, 0.1) is 28.4 Å². The number of carboxylic acid groups (broad SMARTS) is 1. The quantitative estimate of drug-likeness (QED) is 0.236. The molecule has 0 radical (unpaired) electrons. The van der Waals surface area contributed by atoms with Gasteiger partial charge >= 0.3 is 5.97 Å². The summed E-state index contributed by atoms with van der Waals surface area (Å²) < 4.78 is 11.3. The van der Waals surface area contributed by atoms with Crippen molar-refractivity contribution in [2.24, 2.45) is 0 Å². The lowest BCUT2D eigenvalue weighted by Gasteiger charge is -2.29. The molecule has 0 unspecified atom stereocenters. The fourth-order valence-corrected chi connectivity index (χ4v) is 4.12. The van der Waals surface area contributed by atoms with Crippen LogP contribution in [0.1, 0.15) is 21.5 Å². The fraction of sp³-hybridized carbons (Fsp3) is 0.0769. The number of thiocarbonyl (C=S) groups is 1. The maximum Gasteiger partial charge on any atom is 0.335 e. The Kier molecular flexibility index (Phi) is 7.77. The number of nitrogens with zero attached hydrogens (tertiary/aromatic N) is 1. The van der Waals surface area contributed by atoms with Crippen LogP contribution in [0, 0.1) is 0 Å². The van der Waals surface area contributed by atoms with Gasteiger partial charge in [0.1, 0.15) is 12.2 Å². The average molecular weight is 557 g/mol. The Balaban J connectivity index is 1.60. The molecule has 1 aliphatic heterocycles. The third-order valence-electron chi connectivity index (χ3n) is 5.33. The second kappa shape index (κ2) is 11.0. The summed E-state index contributed by atoms with van der Waals surface area (Å²) in [6, 6.07) is 15.8. The van der Waals surface area contributed by atoms with Gasteiger partial charge in [0.25, 0.3) is 11.8 Å². The molecule has 11 heteroatoms. The van der Waals surface area contributed by atoms with Crippen molar-refractivity contribution in [3.05, 3.63) is 93.0 Å². The lowest BCUT2D eigenvalue weighted by molar-refractivity contribution is -0.122. The van der Waals surface area contributed by atoms with Gasteiger partial charge in [-0.05, 0) is 71.9 Å². The molecule has 0 saturated carbocycles. The Hall–Kier alpha value is -3.92. The number of carbonyl (C=O) groups is 3. The normalized spacial score (nSPS) is 14.5. The van der Waals surface area contributed by atoms with Crippen LogP contribution in [0.3, 0.4) is 0 Å². The van der Waals surface area contributed by atoms with E-state index < -0.39 is 17.8 Å². The summed E-state index contributed by atoms with van der Waals surface area (Å²) >= 11 is 17.2. The summed E-state index contributed by atoms with van der Waals surface area (Å²) in [7, 11) is 1.46. The lowest BCUT2D eigenvalue weighted by Crippen LogP contribution is -2.54. The zero-order chi connectivity index (χ0) is 26.7. The van der Waals surface area contributed by atoms with Crippen molar-refractivity contribution in [2.45, 2.75) is 6.61 Å². The Labute approximate surface area is 227 Å². The Bertz CT molecular complexity index is 1470. The molecule has 1 saturated heterocycles. The molecule has 188 valence electrons. The molecule has 1 fully saturated rings.